The van der Waals surface area contributed by atoms with E-state index in [0.29, 0.717) is 23.9 Å². The molecule has 7 nitrogen and oxygen atoms in total. The van der Waals surface area contributed by atoms with Crippen molar-refractivity contribution in [3.05, 3.63) is 66.9 Å². The Balaban J connectivity index is 1.48. The standard InChI is InChI=1S/C31H44BN3O4Si/c1-29(2,3)40(24-17-12-10-13-18-24,25-19-14-11-15-20-25)37-22-16-21-35(8)28-33-23-26(27(34-28)36-9)32-38-30(4,5)31(6,7)39-32/h10-15,17-20,23H,16,21-22H2,1-9H3. The summed E-state index contributed by atoms with van der Waals surface area (Å²) in [5.74, 6) is 1.04. The molecule has 1 saturated heterocycles. The van der Waals surface area contributed by atoms with Crippen molar-refractivity contribution in [3.63, 3.8) is 0 Å². The molecule has 0 unspecified atom stereocenters. The van der Waals surface area contributed by atoms with E-state index in [2.05, 4.69) is 86.4 Å². The van der Waals surface area contributed by atoms with Crippen LogP contribution in [0.5, 0.6) is 5.88 Å². The minimum atomic E-state index is -2.56. The molecule has 1 aliphatic rings. The summed E-state index contributed by atoms with van der Waals surface area (Å²) in [6, 6.07) is 21.5. The number of ether oxygens (including phenoxy) is 1. The first-order valence-corrected chi connectivity index (χ1v) is 16.0. The maximum absolute atomic E-state index is 7.04. The summed E-state index contributed by atoms with van der Waals surface area (Å²) < 4.78 is 25.1. The molecule has 0 aliphatic carbocycles. The van der Waals surface area contributed by atoms with Gasteiger partial charge in [0.2, 0.25) is 11.8 Å². The van der Waals surface area contributed by atoms with E-state index in [9.17, 15) is 0 Å². The summed E-state index contributed by atoms with van der Waals surface area (Å²) in [5.41, 5.74) is -0.222. The number of benzene rings is 2. The van der Waals surface area contributed by atoms with Crippen LogP contribution in [0.2, 0.25) is 5.04 Å². The maximum Gasteiger partial charge on any atom is 0.502 e. The molecule has 1 fully saturated rings. The molecule has 0 amide bonds. The third-order valence-electron chi connectivity index (χ3n) is 8.18. The average Bonchev–Trinajstić information content (AvgIpc) is 3.14. The molecule has 0 radical (unpaired) electrons. The van der Waals surface area contributed by atoms with Crippen molar-refractivity contribution in [2.24, 2.45) is 0 Å². The second-order valence-corrected chi connectivity index (χ2v) is 16.8. The van der Waals surface area contributed by atoms with Crippen molar-refractivity contribution in [1.29, 1.82) is 0 Å². The molecule has 2 heterocycles. The van der Waals surface area contributed by atoms with Crippen LogP contribution in [0.1, 0.15) is 54.9 Å². The van der Waals surface area contributed by atoms with Crippen molar-refractivity contribution < 1.29 is 18.5 Å². The molecule has 1 aromatic heterocycles. The molecule has 0 N–H and O–H groups in total. The van der Waals surface area contributed by atoms with Crippen LogP contribution in [0, 0.1) is 0 Å². The van der Waals surface area contributed by atoms with Crippen molar-refractivity contribution in [2.45, 2.75) is 71.1 Å². The Morgan fingerprint density at radius 2 is 1.43 bits per heavy atom. The molecular weight excluding hydrogens is 517 g/mol. The summed E-state index contributed by atoms with van der Waals surface area (Å²) >= 11 is 0. The van der Waals surface area contributed by atoms with E-state index in [4.69, 9.17) is 23.5 Å². The topological polar surface area (TPSA) is 65.9 Å². The zero-order valence-corrected chi connectivity index (χ0v) is 26.5. The smallest absolute Gasteiger partial charge is 0.481 e. The Morgan fingerprint density at radius 3 is 1.90 bits per heavy atom. The number of methoxy groups -OCH3 is 1. The van der Waals surface area contributed by atoms with E-state index in [1.165, 1.54) is 10.4 Å². The van der Waals surface area contributed by atoms with Crippen molar-refractivity contribution in [3.8, 4) is 5.88 Å². The fraction of sp³-hybridized carbons (Fsp3) is 0.484. The fourth-order valence-corrected chi connectivity index (χ4v) is 9.84. The molecule has 0 spiro atoms. The number of hydrogen-bond donors (Lipinski definition) is 0. The molecule has 3 aromatic rings. The fourth-order valence-electron chi connectivity index (χ4n) is 5.23. The van der Waals surface area contributed by atoms with E-state index < -0.39 is 26.6 Å². The number of anilines is 1. The van der Waals surface area contributed by atoms with Gasteiger partial charge in [-0.05, 0) is 49.5 Å². The van der Waals surface area contributed by atoms with Gasteiger partial charge >= 0.3 is 7.12 Å². The van der Waals surface area contributed by atoms with Crippen LogP contribution in [-0.2, 0) is 13.7 Å². The number of rotatable bonds is 10. The predicted octanol–water partition coefficient (Wildman–Crippen LogP) is 4.19. The van der Waals surface area contributed by atoms with Crippen molar-refractivity contribution >= 4 is 37.2 Å². The third-order valence-corrected chi connectivity index (χ3v) is 13.2. The molecule has 0 atom stereocenters. The second kappa shape index (κ2) is 11.6. The maximum atomic E-state index is 7.04. The van der Waals surface area contributed by atoms with Gasteiger partial charge in [0.15, 0.2) is 0 Å². The predicted molar refractivity (Wildman–Crippen MR) is 166 cm³/mol. The highest BCUT2D eigenvalue weighted by Crippen LogP contribution is 2.38. The van der Waals surface area contributed by atoms with Crippen LogP contribution in [0.3, 0.4) is 0 Å². The van der Waals surface area contributed by atoms with Gasteiger partial charge in [0, 0.05) is 26.4 Å². The zero-order chi connectivity index (χ0) is 29.2. The highest BCUT2D eigenvalue weighted by molar-refractivity contribution is 6.99. The van der Waals surface area contributed by atoms with E-state index in [1.807, 2.05) is 39.6 Å². The normalized spacial score (nSPS) is 16.7. The second-order valence-electron chi connectivity index (χ2n) is 12.5. The summed E-state index contributed by atoms with van der Waals surface area (Å²) in [6.07, 6.45) is 2.57. The largest absolute Gasteiger partial charge is 0.502 e. The molecule has 0 bridgehead atoms. The molecule has 2 aromatic carbocycles. The first-order chi connectivity index (χ1) is 18.8. The summed E-state index contributed by atoms with van der Waals surface area (Å²) in [7, 11) is 0.458. The van der Waals surface area contributed by atoms with Crippen LogP contribution in [0.15, 0.2) is 66.9 Å². The highest BCUT2D eigenvalue weighted by atomic mass is 28.4. The van der Waals surface area contributed by atoms with Crippen LogP contribution in [0.25, 0.3) is 0 Å². The van der Waals surface area contributed by atoms with E-state index in [0.717, 1.165) is 13.0 Å². The minimum absolute atomic E-state index is 0.0541. The average molecular weight is 562 g/mol. The Hall–Kier alpha value is -2.72. The lowest BCUT2D eigenvalue weighted by Gasteiger charge is -2.43. The molecule has 40 heavy (non-hydrogen) atoms. The SMILES string of the molecule is COc1nc(N(C)CCCO[Si](c2ccccc2)(c2ccccc2)C(C)(C)C)ncc1B1OC(C)(C)C(C)(C)O1. The lowest BCUT2D eigenvalue weighted by Crippen LogP contribution is -2.66. The molecular formula is C31H44BN3O4Si. The van der Waals surface area contributed by atoms with Crippen molar-refractivity contribution in [2.75, 3.05) is 32.2 Å². The van der Waals surface area contributed by atoms with E-state index in [-0.39, 0.29) is 5.04 Å². The Morgan fingerprint density at radius 1 is 0.900 bits per heavy atom. The Bertz CT molecular complexity index is 1210. The molecule has 1 aliphatic heterocycles. The quantitative estimate of drug-likeness (QED) is 0.272. The Kier molecular flexibility index (Phi) is 8.80. The van der Waals surface area contributed by atoms with Gasteiger partial charge in [-0.2, -0.15) is 4.98 Å². The van der Waals surface area contributed by atoms with E-state index in [1.54, 1.807) is 13.3 Å². The Labute approximate surface area is 241 Å². The van der Waals surface area contributed by atoms with Gasteiger partial charge in [-0.3, -0.25) is 0 Å². The van der Waals surface area contributed by atoms with Crippen LogP contribution in [-0.4, -0.2) is 63.9 Å². The number of aromatic nitrogens is 2. The van der Waals surface area contributed by atoms with Gasteiger partial charge in [-0.25, -0.2) is 4.98 Å². The van der Waals surface area contributed by atoms with Gasteiger partial charge in [0.1, 0.15) is 0 Å². The zero-order valence-electron chi connectivity index (χ0n) is 25.5. The first-order valence-electron chi connectivity index (χ1n) is 14.0. The molecule has 214 valence electrons. The highest BCUT2D eigenvalue weighted by Gasteiger charge is 2.53. The van der Waals surface area contributed by atoms with Crippen molar-refractivity contribution in [1.82, 2.24) is 9.97 Å². The molecule has 0 saturated carbocycles. The lowest BCUT2D eigenvalue weighted by atomic mass is 9.81. The summed E-state index contributed by atoms with van der Waals surface area (Å²) in [6.45, 7) is 16.4. The van der Waals surface area contributed by atoms with Gasteiger partial charge in [-0.15, -0.1) is 0 Å². The van der Waals surface area contributed by atoms with Crippen LogP contribution >= 0.6 is 0 Å². The lowest BCUT2D eigenvalue weighted by molar-refractivity contribution is 0.00578. The minimum Gasteiger partial charge on any atom is -0.481 e. The van der Waals surface area contributed by atoms with Crippen LogP contribution in [0.4, 0.5) is 5.95 Å². The number of hydrogen-bond acceptors (Lipinski definition) is 7. The van der Waals surface area contributed by atoms with Crippen LogP contribution < -0.4 is 25.5 Å². The first kappa shape index (κ1) is 30.2. The summed E-state index contributed by atoms with van der Waals surface area (Å²) in [5, 5.41) is 2.52. The van der Waals surface area contributed by atoms with E-state index >= 15 is 0 Å². The molecule has 4 rings (SSSR count). The monoisotopic (exact) mass is 561 g/mol. The van der Waals surface area contributed by atoms with Gasteiger partial charge in [0.25, 0.3) is 8.32 Å². The number of nitrogens with zero attached hydrogens (tertiary/aromatic N) is 3. The van der Waals surface area contributed by atoms with Gasteiger partial charge in [0.05, 0.1) is 23.8 Å². The summed E-state index contributed by atoms with van der Waals surface area (Å²) in [4.78, 5) is 11.4. The van der Waals surface area contributed by atoms with Gasteiger partial charge < -0.3 is 23.4 Å². The molecule has 9 heteroatoms. The third kappa shape index (κ3) is 5.84. The van der Waals surface area contributed by atoms with Gasteiger partial charge in [-0.1, -0.05) is 81.4 Å².